The van der Waals surface area contributed by atoms with Crippen molar-refractivity contribution in [2.45, 2.75) is 6.18 Å². The van der Waals surface area contributed by atoms with Gasteiger partial charge < -0.3 is 4.90 Å². The van der Waals surface area contributed by atoms with Crippen LogP contribution >= 0.6 is 0 Å². The van der Waals surface area contributed by atoms with Crippen molar-refractivity contribution >= 4 is 5.82 Å². The van der Waals surface area contributed by atoms with E-state index in [4.69, 9.17) is 0 Å². The highest BCUT2D eigenvalue weighted by molar-refractivity contribution is 5.42. The summed E-state index contributed by atoms with van der Waals surface area (Å²) in [6, 6.07) is 1.57. The minimum absolute atomic E-state index is 0.0111. The first-order chi connectivity index (χ1) is 11.3. The number of nitrogens with zero attached hydrogens (tertiary/aromatic N) is 6. The molecular formula is C13H12F3N7O. The zero-order valence-corrected chi connectivity index (χ0v) is 12.6. The summed E-state index contributed by atoms with van der Waals surface area (Å²) in [4.78, 5) is 25.5. The predicted octanol–water partition coefficient (Wildman–Crippen LogP) is 1.23. The van der Waals surface area contributed by atoms with Gasteiger partial charge in [0.05, 0.1) is 0 Å². The molecule has 3 rings (SSSR count). The van der Waals surface area contributed by atoms with E-state index in [9.17, 15) is 18.0 Å². The van der Waals surface area contributed by atoms with E-state index in [1.807, 2.05) is 0 Å². The van der Waals surface area contributed by atoms with Crippen LogP contribution in [0, 0.1) is 0 Å². The van der Waals surface area contributed by atoms with E-state index in [-0.39, 0.29) is 11.5 Å². The van der Waals surface area contributed by atoms with E-state index in [2.05, 4.69) is 20.1 Å². The van der Waals surface area contributed by atoms with Gasteiger partial charge in [0.2, 0.25) is 0 Å². The molecule has 0 atom stereocenters. The van der Waals surface area contributed by atoms with Gasteiger partial charge >= 0.3 is 6.18 Å². The predicted molar refractivity (Wildman–Crippen MR) is 78.4 cm³/mol. The van der Waals surface area contributed by atoms with Crippen LogP contribution in [0.2, 0.25) is 0 Å². The fourth-order valence-electron chi connectivity index (χ4n) is 2.02. The second-order valence-corrected chi connectivity index (χ2v) is 5.09. The number of H-pyrrole nitrogens is 1. The van der Waals surface area contributed by atoms with Crippen LogP contribution in [0.3, 0.4) is 0 Å². The Balaban J connectivity index is 2.02. The lowest BCUT2D eigenvalue weighted by Crippen LogP contribution is -2.20. The summed E-state index contributed by atoms with van der Waals surface area (Å²) in [5, 5.41) is 2.67. The average molecular weight is 339 g/mol. The Labute approximate surface area is 133 Å². The molecule has 0 amide bonds. The molecule has 0 aliphatic carbocycles. The maximum Gasteiger partial charge on any atom is 0.434 e. The Hall–Kier alpha value is -3.11. The van der Waals surface area contributed by atoms with Crippen molar-refractivity contribution < 1.29 is 13.2 Å². The minimum Gasteiger partial charge on any atom is -0.363 e. The highest BCUT2D eigenvalue weighted by atomic mass is 19.4. The van der Waals surface area contributed by atoms with Gasteiger partial charge in [-0.25, -0.2) is 15.0 Å². The molecule has 3 aromatic heterocycles. The van der Waals surface area contributed by atoms with Crippen molar-refractivity contribution in [3.8, 4) is 11.5 Å². The Morgan fingerprint density at radius 3 is 2.58 bits per heavy atom. The Morgan fingerprint density at radius 2 is 1.96 bits per heavy atom. The zero-order valence-electron chi connectivity index (χ0n) is 12.6. The summed E-state index contributed by atoms with van der Waals surface area (Å²) < 4.78 is 40.0. The number of halogens is 3. The van der Waals surface area contributed by atoms with Crippen LogP contribution in [0.25, 0.3) is 11.5 Å². The number of alkyl halides is 3. The topological polar surface area (TPSA) is 84.6 Å². The van der Waals surface area contributed by atoms with E-state index in [1.54, 1.807) is 25.1 Å². The molecule has 0 spiro atoms. The number of nitrogens with one attached hydrogen (secondary N) is 1. The number of rotatable bonds is 3. The Morgan fingerprint density at radius 1 is 1.21 bits per heavy atom. The van der Waals surface area contributed by atoms with Crippen LogP contribution < -0.4 is 10.5 Å². The summed E-state index contributed by atoms with van der Waals surface area (Å²) in [6.07, 6.45) is -0.324. The Kier molecular flexibility index (Phi) is 3.62. The fourth-order valence-corrected chi connectivity index (χ4v) is 2.02. The largest absolute Gasteiger partial charge is 0.434 e. The summed E-state index contributed by atoms with van der Waals surface area (Å²) in [7, 11) is 3.55. The van der Waals surface area contributed by atoms with E-state index >= 15 is 0 Å². The van der Waals surface area contributed by atoms with Crippen LogP contribution in [0.15, 0.2) is 35.9 Å². The number of hydrogen-bond donors (Lipinski definition) is 1. The van der Waals surface area contributed by atoms with Crippen molar-refractivity contribution in [2.24, 2.45) is 0 Å². The van der Waals surface area contributed by atoms with Crippen LogP contribution in [-0.2, 0) is 6.18 Å². The van der Waals surface area contributed by atoms with Gasteiger partial charge in [0.1, 0.15) is 24.2 Å². The van der Waals surface area contributed by atoms with E-state index in [0.717, 1.165) is 21.8 Å². The average Bonchev–Trinajstić information content (AvgIpc) is 3.13. The summed E-state index contributed by atoms with van der Waals surface area (Å²) in [5.74, 6) is 0.839. The van der Waals surface area contributed by atoms with E-state index in [0.29, 0.717) is 5.82 Å². The lowest BCUT2D eigenvalue weighted by molar-refractivity contribution is -0.140. The number of aromatic amines is 1. The third kappa shape index (κ3) is 2.75. The molecule has 1 N–H and O–H groups in total. The molecule has 8 nitrogen and oxygen atoms in total. The molecule has 126 valence electrons. The van der Waals surface area contributed by atoms with E-state index in [1.165, 1.54) is 12.5 Å². The third-order valence-corrected chi connectivity index (χ3v) is 3.23. The van der Waals surface area contributed by atoms with Crippen molar-refractivity contribution in [3.63, 3.8) is 0 Å². The highest BCUT2D eigenvalue weighted by Crippen LogP contribution is 2.27. The number of imidazole rings is 1. The monoisotopic (exact) mass is 339 g/mol. The molecule has 0 aromatic carbocycles. The molecule has 0 bridgehead atoms. The minimum atomic E-state index is -4.58. The first-order valence-corrected chi connectivity index (χ1v) is 6.69. The molecular weight excluding hydrogens is 327 g/mol. The van der Waals surface area contributed by atoms with Crippen LogP contribution in [0.4, 0.5) is 19.0 Å². The quantitative estimate of drug-likeness (QED) is 0.776. The smallest absolute Gasteiger partial charge is 0.363 e. The maximum atomic E-state index is 12.6. The summed E-state index contributed by atoms with van der Waals surface area (Å²) in [5.41, 5.74) is -1.65. The van der Waals surface area contributed by atoms with Gasteiger partial charge in [-0.2, -0.15) is 17.9 Å². The second kappa shape index (κ2) is 5.51. The molecule has 11 heteroatoms. The van der Waals surface area contributed by atoms with Crippen LogP contribution in [0.5, 0.6) is 0 Å². The van der Waals surface area contributed by atoms with Crippen LogP contribution in [-0.4, -0.2) is 43.4 Å². The molecule has 0 radical (unpaired) electrons. The standard InChI is InChI=1S/C13H12F3N7O/c1-21(2)10-3-11(18-6-17-10)23-12(24)8(4-20-23)22-5-9(19-7-22)13(14,15)16/h3-7,20H,1-2H3. The van der Waals surface area contributed by atoms with E-state index < -0.39 is 17.4 Å². The molecule has 0 aliphatic rings. The molecule has 3 heterocycles. The number of hydrogen-bond acceptors (Lipinski definition) is 5. The van der Waals surface area contributed by atoms with Gasteiger partial charge in [-0.15, -0.1) is 0 Å². The maximum absolute atomic E-state index is 12.6. The summed E-state index contributed by atoms with van der Waals surface area (Å²) >= 11 is 0. The number of aromatic nitrogens is 6. The van der Waals surface area contributed by atoms with Gasteiger partial charge in [-0.3, -0.25) is 14.5 Å². The zero-order chi connectivity index (χ0) is 17.5. The van der Waals surface area contributed by atoms with Crippen molar-refractivity contribution in [2.75, 3.05) is 19.0 Å². The van der Waals surface area contributed by atoms with Gasteiger partial charge in [0.25, 0.3) is 5.56 Å². The molecule has 0 unspecified atom stereocenters. The highest BCUT2D eigenvalue weighted by Gasteiger charge is 2.33. The third-order valence-electron chi connectivity index (χ3n) is 3.23. The normalized spacial score (nSPS) is 11.7. The Bertz CT molecular complexity index is 922. The van der Waals surface area contributed by atoms with Gasteiger partial charge in [-0.1, -0.05) is 0 Å². The molecule has 0 aliphatic heterocycles. The molecule has 24 heavy (non-hydrogen) atoms. The number of anilines is 1. The fraction of sp³-hybridized carbons (Fsp3) is 0.231. The summed E-state index contributed by atoms with van der Waals surface area (Å²) in [6.45, 7) is 0. The second-order valence-electron chi connectivity index (χ2n) is 5.09. The lowest BCUT2D eigenvalue weighted by Gasteiger charge is -2.11. The van der Waals surface area contributed by atoms with Crippen molar-refractivity contribution in [1.82, 2.24) is 29.3 Å². The molecule has 0 saturated carbocycles. The van der Waals surface area contributed by atoms with Gasteiger partial charge in [-0.05, 0) is 0 Å². The van der Waals surface area contributed by atoms with Gasteiger partial charge in [0, 0.05) is 32.6 Å². The van der Waals surface area contributed by atoms with Crippen molar-refractivity contribution in [1.29, 1.82) is 0 Å². The first-order valence-electron chi connectivity index (χ1n) is 6.69. The lowest BCUT2D eigenvalue weighted by atomic mass is 10.4. The van der Waals surface area contributed by atoms with Crippen molar-refractivity contribution in [3.05, 3.63) is 47.2 Å². The molecule has 0 saturated heterocycles. The molecule has 3 aromatic rings. The molecule has 0 fully saturated rings. The van der Waals surface area contributed by atoms with Gasteiger partial charge in [0.15, 0.2) is 11.5 Å². The van der Waals surface area contributed by atoms with Crippen LogP contribution in [0.1, 0.15) is 5.69 Å². The first kappa shape index (κ1) is 15.8. The SMILES string of the molecule is CN(C)c1cc(-n2[nH]cc(-n3cnc(C(F)(F)F)c3)c2=O)ncn1.